The minimum absolute atomic E-state index is 0.0138. The van der Waals surface area contributed by atoms with E-state index in [4.69, 9.17) is 21.1 Å². The summed E-state index contributed by atoms with van der Waals surface area (Å²) in [6.07, 6.45) is 0.0717. The number of thioether (sulfide) groups is 1. The van der Waals surface area contributed by atoms with Crippen LogP contribution >= 0.6 is 23.4 Å². The Morgan fingerprint density at radius 1 is 1.16 bits per heavy atom. The van der Waals surface area contributed by atoms with Crippen LogP contribution < -0.4 is 14.4 Å². The van der Waals surface area contributed by atoms with Crippen molar-refractivity contribution in [2.75, 3.05) is 30.6 Å². The quantitative estimate of drug-likeness (QED) is 0.649. The highest BCUT2D eigenvalue weighted by Crippen LogP contribution is 2.44. The summed E-state index contributed by atoms with van der Waals surface area (Å²) in [4.78, 5) is 19.0. The van der Waals surface area contributed by atoms with Gasteiger partial charge in [0.15, 0.2) is 15.0 Å². The summed E-state index contributed by atoms with van der Waals surface area (Å²) in [7, 11) is -0.0957. The summed E-state index contributed by atoms with van der Waals surface area (Å²) >= 11 is 7.52. The van der Waals surface area contributed by atoms with Crippen molar-refractivity contribution in [3.8, 4) is 11.5 Å². The molecule has 2 heterocycles. The highest BCUT2D eigenvalue weighted by atomic mass is 35.5. The van der Waals surface area contributed by atoms with Crippen molar-refractivity contribution in [1.82, 2.24) is 0 Å². The fraction of sp³-hybridized carbons (Fsp3) is 0.333. The lowest BCUT2D eigenvalue weighted by Crippen LogP contribution is -2.38. The number of amides is 1. The number of hydrogen-bond acceptors (Lipinski definition) is 6. The first-order chi connectivity index (χ1) is 14.8. The summed E-state index contributed by atoms with van der Waals surface area (Å²) in [6.45, 7) is 0. The minimum atomic E-state index is -3.18. The van der Waals surface area contributed by atoms with Crippen LogP contribution in [0.15, 0.2) is 47.5 Å². The number of ether oxygens (including phenoxy) is 2. The van der Waals surface area contributed by atoms with Gasteiger partial charge in [-0.1, -0.05) is 41.6 Å². The smallest absolute Gasteiger partial charge is 0.252 e. The highest BCUT2D eigenvalue weighted by Gasteiger charge is 2.50. The predicted octanol–water partition coefficient (Wildman–Crippen LogP) is 3.20. The molecule has 0 radical (unpaired) electrons. The zero-order chi connectivity index (χ0) is 22.2. The molecule has 0 saturated carbocycles. The Kier molecular flexibility index (Phi) is 6.18. The molecule has 10 heteroatoms. The van der Waals surface area contributed by atoms with Crippen LogP contribution in [0.2, 0.25) is 5.02 Å². The van der Waals surface area contributed by atoms with E-state index in [1.165, 1.54) is 18.9 Å². The number of methoxy groups -OCH3 is 2. The van der Waals surface area contributed by atoms with Gasteiger partial charge in [-0.2, -0.15) is 4.99 Å². The number of halogens is 1. The first-order valence-electron chi connectivity index (χ1n) is 9.54. The molecule has 0 unspecified atom stereocenters. The molecular formula is C21H21ClN2O5S2. The standard InChI is InChI=1S/C21H21ClN2O5S2/c1-28-17-6-4-3-5-13(17)9-20(25)23-21-24(15-10-14(22)7-8-18(15)29-2)16-11-31(26,27)12-19(16)30-21/h3-8,10,16,19H,9,11-12H2,1-2H3/t16-,19-/m0/s1. The second-order valence-electron chi connectivity index (χ2n) is 7.26. The van der Waals surface area contributed by atoms with Crippen LogP contribution in [0.4, 0.5) is 5.69 Å². The molecule has 164 valence electrons. The number of hydrogen-bond donors (Lipinski definition) is 0. The van der Waals surface area contributed by atoms with Crippen molar-refractivity contribution in [3.05, 3.63) is 53.1 Å². The molecule has 31 heavy (non-hydrogen) atoms. The van der Waals surface area contributed by atoms with Gasteiger partial charge in [0, 0.05) is 15.8 Å². The summed E-state index contributed by atoms with van der Waals surface area (Å²) in [5.74, 6) is 0.827. The van der Waals surface area contributed by atoms with Crippen molar-refractivity contribution in [1.29, 1.82) is 0 Å². The normalized spacial score (nSPS) is 23.1. The summed E-state index contributed by atoms with van der Waals surface area (Å²) < 4.78 is 35.3. The number of fused-ring (bicyclic) bond motifs is 1. The van der Waals surface area contributed by atoms with Crippen LogP contribution in [-0.4, -0.2) is 56.5 Å². The largest absolute Gasteiger partial charge is 0.496 e. The van der Waals surface area contributed by atoms with E-state index in [9.17, 15) is 13.2 Å². The number of nitrogens with zero attached hydrogens (tertiary/aromatic N) is 2. The first-order valence-corrected chi connectivity index (χ1v) is 12.6. The average molecular weight is 481 g/mol. The molecule has 2 fully saturated rings. The monoisotopic (exact) mass is 480 g/mol. The molecule has 0 spiro atoms. The molecule has 1 amide bonds. The number of carbonyl (C=O) groups is 1. The molecule has 0 N–H and O–H groups in total. The van der Waals surface area contributed by atoms with Gasteiger partial charge >= 0.3 is 0 Å². The van der Waals surface area contributed by atoms with Gasteiger partial charge in [-0.05, 0) is 24.3 Å². The molecule has 4 rings (SSSR count). The Hall–Kier alpha value is -2.23. The van der Waals surface area contributed by atoms with E-state index < -0.39 is 9.84 Å². The third kappa shape index (κ3) is 4.53. The van der Waals surface area contributed by atoms with Crippen LogP contribution in [0.1, 0.15) is 5.56 Å². The van der Waals surface area contributed by atoms with Crippen LogP contribution in [-0.2, 0) is 21.1 Å². The van der Waals surface area contributed by atoms with E-state index in [0.717, 1.165) is 5.56 Å². The molecule has 2 saturated heterocycles. The Morgan fingerprint density at radius 2 is 1.90 bits per heavy atom. The molecular weight excluding hydrogens is 460 g/mol. The zero-order valence-electron chi connectivity index (χ0n) is 16.9. The number of para-hydroxylation sites is 1. The molecule has 2 atom stereocenters. The second kappa shape index (κ2) is 8.72. The zero-order valence-corrected chi connectivity index (χ0v) is 19.3. The molecule has 0 aliphatic carbocycles. The first kappa shape index (κ1) is 22.0. The molecule has 0 bridgehead atoms. The second-order valence-corrected chi connectivity index (χ2v) is 11.1. The summed E-state index contributed by atoms with van der Waals surface area (Å²) in [5, 5.41) is 0.710. The third-order valence-corrected chi connectivity index (χ3v) is 8.67. The highest BCUT2D eigenvalue weighted by molar-refractivity contribution is 8.16. The van der Waals surface area contributed by atoms with E-state index in [0.29, 0.717) is 27.4 Å². The van der Waals surface area contributed by atoms with E-state index in [2.05, 4.69) is 4.99 Å². The lowest BCUT2D eigenvalue weighted by molar-refractivity contribution is -0.117. The van der Waals surface area contributed by atoms with Crippen molar-refractivity contribution >= 4 is 50.0 Å². The van der Waals surface area contributed by atoms with Crippen molar-refractivity contribution in [2.24, 2.45) is 4.99 Å². The topological polar surface area (TPSA) is 85.3 Å². The number of sulfone groups is 1. The summed E-state index contributed by atoms with van der Waals surface area (Å²) in [6, 6.07) is 12.0. The van der Waals surface area contributed by atoms with E-state index >= 15 is 0 Å². The Labute approximate surface area is 190 Å². The average Bonchev–Trinajstić information content (AvgIpc) is 3.18. The number of anilines is 1. The number of aliphatic imine (C=N–C) groups is 1. The Bertz CT molecular complexity index is 1150. The van der Waals surface area contributed by atoms with E-state index in [1.807, 2.05) is 18.2 Å². The van der Waals surface area contributed by atoms with E-state index in [-0.39, 0.29) is 35.1 Å². The molecule has 7 nitrogen and oxygen atoms in total. The van der Waals surface area contributed by atoms with Gasteiger partial charge in [0.05, 0.1) is 43.9 Å². The number of amidine groups is 1. The lowest BCUT2D eigenvalue weighted by Gasteiger charge is -2.26. The SMILES string of the molecule is COc1ccccc1CC(=O)N=C1S[C@H]2CS(=O)(=O)C[C@@H]2N1c1cc(Cl)ccc1OC. The maximum absolute atomic E-state index is 12.8. The van der Waals surface area contributed by atoms with Gasteiger partial charge in [-0.15, -0.1) is 0 Å². The Morgan fingerprint density at radius 3 is 2.65 bits per heavy atom. The minimum Gasteiger partial charge on any atom is -0.496 e. The maximum Gasteiger partial charge on any atom is 0.252 e. The molecule has 2 aliphatic heterocycles. The molecule has 0 aromatic heterocycles. The van der Waals surface area contributed by atoms with Gasteiger partial charge in [-0.3, -0.25) is 4.79 Å². The number of rotatable bonds is 5. The van der Waals surface area contributed by atoms with Gasteiger partial charge in [-0.25, -0.2) is 8.42 Å². The van der Waals surface area contributed by atoms with Gasteiger partial charge in [0.1, 0.15) is 11.5 Å². The van der Waals surface area contributed by atoms with Crippen LogP contribution in [0.25, 0.3) is 0 Å². The lowest BCUT2D eigenvalue weighted by atomic mass is 10.1. The van der Waals surface area contributed by atoms with Gasteiger partial charge in [0.25, 0.3) is 5.91 Å². The number of carbonyl (C=O) groups excluding carboxylic acids is 1. The maximum atomic E-state index is 12.8. The molecule has 2 aromatic carbocycles. The van der Waals surface area contributed by atoms with Crippen molar-refractivity contribution < 1.29 is 22.7 Å². The molecule has 2 aliphatic rings. The Balaban J connectivity index is 1.71. The fourth-order valence-electron chi connectivity index (χ4n) is 3.86. The predicted molar refractivity (Wildman–Crippen MR) is 123 cm³/mol. The van der Waals surface area contributed by atoms with Crippen LogP contribution in [0, 0.1) is 0 Å². The molecule has 2 aromatic rings. The fourth-order valence-corrected chi connectivity index (χ4v) is 7.95. The van der Waals surface area contributed by atoms with Crippen molar-refractivity contribution in [2.45, 2.75) is 17.7 Å². The van der Waals surface area contributed by atoms with Crippen LogP contribution in [0.3, 0.4) is 0 Å². The van der Waals surface area contributed by atoms with Crippen molar-refractivity contribution in [3.63, 3.8) is 0 Å². The third-order valence-electron chi connectivity index (χ3n) is 5.22. The van der Waals surface area contributed by atoms with Crippen LogP contribution in [0.5, 0.6) is 11.5 Å². The van der Waals surface area contributed by atoms with E-state index in [1.54, 1.807) is 36.3 Å². The van der Waals surface area contributed by atoms with Gasteiger partial charge < -0.3 is 14.4 Å². The van der Waals surface area contributed by atoms with Gasteiger partial charge in [0.2, 0.25) is 0 Å². The summed E-state index contributed by atoms with van der Waals surface area (Å²) in [5.41, 5.74) is 1.33. The number of benzene rings is 2.